The lowest BCUT2D eigenvalue weighted by molar-refractivity contribution is -0.216. The number of hydrogen-bond acceptors (Lipinski definition) is 8. The van der Waals surface area contributed by atoms with Gasteiger partial charge in [-0.05, 0) is 31.9 Å². The van der Waals surface area contributed by atoms with E-state index in [0.717, 1.165) is 11.1 Å². The largest absolute Gasteiger partial charge is 0.445 e. The van der Waals surface area contributed by atoms with Crippen LogP contribution in [0.25, 0.3) is 0 Å². The van der Waals surface area contributed by atoms with Crippen molar-refractivity contribution in [3.63, 3.8) is 0 Å². The highest BCUT2D eigenvalue weighted by molar-refractivity contribution is 5.68. The quantitative estimate of drug-likeness (QED) is 0.267. The fourth-order valence-corrected chi connectivity index (χ4v) is 4.17. The monoisotopic (exact) mass is 513 g/mol. The molecule has 2 saturated heterocycles. The van der Waals surface area contributed by atoms with E-state index >= 15 is 0 Å². The molecule has 9 heteroatoms. The van der Waals surface area contributed by atoms with Crippen molar-refractivity contribution in [1.82, 2.24) is 5.32 Å². The number of ether oxygens (including phenoxy) is 6. The van der Waals surface area contributed by atoms with Crippen molar-refractivity contribution in [2.75, 3.05) is 6.79 Å². The maximum absolute atomic E-state index is 12.6. The second kappa shape index (κ2) is 12.6. The van der Waals surface area contributed by atoms with E-state index in [1.54, 1.807) is 26.0 Å². The Hall–Kier alpha value is -2.79. The number of fused-ring (bicyclic) bond motifs is 1. The lowest BCUT2D eigenvalue weighted by Gasteiger charge is -2.27. The summed E-state index contributed by atoms with van der Waals surface area (Å²) in [5.74, 6) is -0.864. The number of amides is 1. The average molecular weight is 514 g/mol. The second-order valence-electron chi connectivity index (χ2n) is 9.50. The number of alkyl carbamates (subject to hydrolysis) is 1. The maximum Gasteiger partial charge on any atom is 0.408 e. The molecular formula is C28H35NO8. The van der Waals surface area contributed by atoms with Crippen molar-refractivity contribution in [3.05, 3.63) is 83.9 Å². The molecule has 2 fully saturated rings. The molecule has 200 valence electrons. The highest BCUT2D eigenvalue weighted by Gasteiger charge is 2.56. The van der Waals surface area contributed by atoms with Crippen molar-refractivity contribution in [2.24, 2.45) is 0 Å². The fraction of sp³-hybridized carbons (Fsp3) is 0.464. The van der Waals surface area contributed by atoms with Crippen LogP contribution in [-0.4, -0.2) is 60.5 Å². The molecule has 9 nitrogen and oxygen atoms in total. The summed E-state index contributed by atoms with van der Waals surface area (Å²) in [6, 6.07) is 18.5. The van der Waals surface area contributed by atoms with Crippen molar-refractivity contribution < 1.29 is 38.3 Å². The van der Waals surface area contributed by atoms with Gasteiger partial charge in [-0.2, -0.15) is 0 Å². The Morgan fingerprint density at radius 1 is 1.03 bits per heavy atom. The number of carbonyl (C=O) groups excluding carboxylic acids is 1. The van der Waals surface area contributed by atoms with Crippen molar-refractivity contribution in [3.8, 4) is 0 Å². The van der Waals surface area contributed by atoms with E-state index in [1.165, 1.54) is 0 Å². The van der Waals surface area contributed by atoms with Gasteiger partial charge in [0.15, 0.2) is 12.1 Å². The molecule has 4 rings (SSSR count). The number of nitrogens with one attached hydrogen (secondary N) is 1. The summed E-state index contributed by atoms with van der Waals surface area (Å²) in [6.45, 7) is 6.01. The SMILES string of the molecule is C[C@H](/C=C/[C@@H](NC(=O)OCc1ccccc1)[C@H]1O[C@@H]2OC(C)(C)O[C@@H]2[C@@H]1O)OCOCc1ccccc1. The zero-order valence-electron chi connectivity index (χ0n) is 21.3. The summed E-state index contributed by atoms with van der Waals surface area (Å²) in [5.41, 5.74) is 1.91. The number of aliphatic hydroxyl groups excluding tert-OH is 1. The molecule has 37 heavy (non-hydrogen) atoms. The fourth-order valence-electron chi connectivity index (χ4n) is 4.17. The number of rotatable bonds is 11. The van der Waals surface area contributed by atoms with Crippen LogP contribution in [0.4, 0.5) is 4.79 Å². The normalized spacial score (nSPS) is 26.1. The van der Waals surface area contributed by atoms with Gasteiger partial charge in [-0.25, -0.2) is 4.79 Å². The van der Waals surface area contributed by atoms with Crippen molar-refractivity contribution in [2.45, 2.75) is 76.5 Å². The van der Waals surface area contributed by atoms with Gasteiger partial charge in [0.25, 0.3) is 0 Å². The highest BCUT2D eigenvalue weighted by Crippen LogP contribution is 2.38. The van der Waals surface area contributed by atoms with Gasteiger partial charge in [-0.1, -0.05) is 72.8 Å². The van der Waals surface area contributed by atoms with E-state index in [4.69, 9.17) is 28.4 Å². The van der Waals surface area contributed by atoms with Gasteiger partial charge in [0.05, 0.1) is 18.8 Å². The van der Waals surface area contributed by atoms with Gasteiger partial charge in [0.2, 0.25) is 0 Å². The minimum atomic E-state index is -1.03. The average Bonchev–Trinajstić information content (AvgIpc) is 3.36. The summed E-state index contributed by atoms with van der Waals surface area (Å²) in [5, 5.41) is 13.7. The van der Waals surface area contributed by atoms with Crippen LogP contribution in [0.2, 0.25) is 0 Å². The van der Waals surface area contributed by atoms with Crippen molar-refractivity contribution >= 4 is 6.09 Å². The van der Waals surface area contributed by atoms with Crippen molar-refractivity contribution in [1.29, 1.82) is 0 Å². The van der Waals surface area contributed by atoms with Gasteiger partial charge >= 0.3 is 6.09 Å². The molecule has 0 aromatic heterocycles. The lowest BCUT2D eigenvalue weighted by atomic mass is 10.0. The molecule has 0 radical (unpaired) electrons. The number of hydrogen-bond donors (Lipinski definition) is 2. The zero-order valence-corrected chi connectivity index (χ0v) is 21.3. The lowest BCUT2D eigenvalue weighted by Crippen LogP contribution is -2.48. The molecular weight excluding hydrogens is 478 g/mol. The minimum absolute atomic E-state index is 0.0983. The van der Waals surface area contributed by atoms with Crippen LogP contribution >= 0.6 is 0 Å². The number of carbonyl (C=O) groups is 1. The highest BCUT2D eigenvalue weighted by atomic mass is 16.8. The standard InChI is InChI=1S/C28H35NO8/c1-19(34-18-32-16-20-10-6-4-7-11-20)14-15-22(29-27(31)33-17-21-12-8-5-9-13-21)24-23(30)25-26(35-24)37-28(2,3)36-25/h4-15,19,22-26,30H,16-18H2,1-3H3,(H,29,31)/b15-14+/t19-,22-,23-,24-,25-,26-/m1/s1. The molecule has 0 unspecified atom stereocenters. The van der Waals surface area contributed by atoms with E-state index in [2.05, 4.69) is 5.32 Å². The van der Waals surface area contributed by atoms with Crippen LogP contribution in [0.3, 0.4) is 0 Å². The predicted octanol–water partition coefficient (Wildman–Crippen LogP) is 3.65. The summed E-state index contributed by atoms with van der Waals surface area (Å²) < 4.78 is 34.2. The first-order valence-corrected chi connectivity index (χ1v) is 12.4. The Kier molecular flexibility index (Phi) is 9.31. The van der Waals surface area contributed by atoms with Gasteiger partial charge in [-0.15, -0.1) is 0 Å². The Morgan fingerprint density at radius 3 is 2.32 bits per heavy atom. The number of aliphatic hydroxyl groups is 1. The number of benzene rings is 2. The summed E-state index contributed by atoms with van der Waals surface area (Å²) in [4.78, 5) is 12.6. The first-order valence-electron chi connectivity index (χ1n) is 12.4. The molecule has 0 saturated carbocycles. The van der Waals surface area contributed by atoms with E-state index in [0.29, 0.717) is 6.61 Å². The van der Waals surface area contributed by atoms with Gasteiger partial charge in [-0.3, -0.25) is 0 Å². The molecule has 0 spiro atoms. The molecule has 0 aliphatic carbocycles. The maximum atomic E-state index is 12.6. The van der Waals surface area contributed by atoms with Crippen LogP contribution in [0.1, 0.15) is 31.9 Å². The van der Waals surface area contributed by atoms with E-state index in [1.807, 2.05) is 67.6 Å². The van der Waals surface area contributed by atoms with Gasteiger partial charge in [0, 0.05) is 0 Å². The molecule has 2 N–H and O–H groups in total. The van der Waals surface area contributed by atoms with Gasteiger partial charge in [0.1, 0.15) is 31.7 Å². The molecule has 0 bridgehead atoms. The van der Waals surface area contributed by atoms with Crippen LogP contribution < -0.4 is 5.32 Å². The Balaban J connectivity index is 1.33. The topological polar surface area (TPSA) is 105 Å². The van der Waals surface area contributed by atoms with E-state index in [-0.39, 0.29) is 19.5 Å². The van der Waals surface area contributed by atoms with Gasteiger partial charge < -0.3 is 38.8 Å². The Labute approximate surface area is 217 Å². The van der Waals surface area contributed by atoms with Crippen LogP contribution in [-0.2, 0) is 41.6 Å². The zero-order chi connectivity index (χ0) is 26.3. The second-order valence-corrected chi connectivity index (χ2v) is 9.50. The first kappa shape index (κ1) is 27.3. The molecule has 2 aliphatic rings. The third kappa shape index (κ3) is 7.85. The van der Waals surface area contributed by atoms with Crippen LogP contribution in [0.15, 0.2) is 72.8 Å². The molecule has 2 aromatic rings. The Morgan fingerprint density at radius 2 is 1.68 bits per heavy atom. The minimum Gasteiger partial charge on any atom is -0.445 e. The molecule has 2 aliphatic heterocycles. The third-order valence-electron chi connectivity index (χ3n) is 6.02. The smallest absolute Gasteiger partial charge is 0.408 e. The molecule has 2 aromatic carbocycles. The third-order valence-corrected chi connectivity index (χ3v) is 6.02. The summed E-state index contributed by atoms with van der Waals surface area (Å²) >= 11 is 0. The molecule has 6 atom stereocenters. The van der Waals surface area contributed by atoms with Crippen LogP contribution in [0.5, 0.6) is 0 Å². The van der Waals surface area contributed by atoms with Crippen LogP contribution in [0, 0.1) is 0 Å². The predicted molar refractivity (Wildman–Crippen MR) is 134 cm³/mol. The Bertz CT molecular complexity index is 1020. The molecule has 2 heterocycles. The van der Waals surface area contributed by atoms with E-state index < -0.39 is 42.5 Å². The molecule has 1 amide bonds. The summed E-state index contributed by atoms with van der Waals surface area (Å²) in [6.07, 6.45) is -0.742. The van der Waals surface area contributed by atoms with E-state index in [9.17, 15) is 9.90 Å². The summed E-state index contributed by atoms with van der Waals surface area (Å²) in [7, 11) is 0. The first-order chi connectivity index (χ1) is 17.8.